The molecule has 1 aromatic rings. The number of aromatic nitrogens is 2. The topological polar surface area (TPSA) is 86.9 Å². The van der Waals surface area contributed by atoms with Crippen LogP contribution in [0.4, 0.5) is 0 Å². The van der Waals surface area contributed by atoms with E-state index in [9.17, 15) is 8.42 Å². The molecular formula is C13H26N4O2S. The highest BCUT2D eigenvalue weighted by Crippen LogP contribution is 2.18. The van der Waals surface area contributed by atoms with Crippen LogP contribution in [-0.4, -0.2) is 30.7 Å². The van der Waals surface area contributed by atoms with Gasteiger partial charge in [0.25, 0.3) is 10.0 Å². The van der Waals surface area contributed by atoms with E-state index in [2.05, 4.69) is 27.2 Å². The number of nitrogens with one attached hydrogen (secondary N) is 3. The first-order valence-corrected chi connectivity index (χ1v) is 8.57. The highest BCUT2D eigenvalue weighted by Gasteiger charge is 2.28. The van der Waals surface area contributed by atoms with E-state index < -0.39 is 15.6 Å². The van der Waals surface area contributed by atoms with Crippen molar-refractivity contribution in [2.45, 2.75) is 64.1 Å². The third kappa shape index (κ3) is 4.88. The molecule has 0 aromatic carbocycles. The summed E-state index contributed by atoms with van der Waals surface area (Å²) in [5.41, 5.74) is 0.200. The smallest absolute Gasteiger partial charge is 0.258 e. The minimum absolute atomic E-state index is 0.158. The van der Waals surface area contributed by atoms with Crippen LogP contribution in [0, 0.1) is 0 Å². The van der Waals surface area contributed by atoms with E-state index in [0.29, 0.717) is 12.1 Å². The minimum Gasteiger partial charge on any atom is -0.313 e. The fraction of sp³-hybridized carbons (Fsp3) is 0.769. The third-order valence-electron chi connectivity index (χ3n) is 2.97. The van der Waals surface area contributed by atoms with E-state index in [-0.39, 0.29) is 5.03 Å². The van der Waals surface area contributed by atoms with Crippen LogP contribution in [-0.2, 0) is 16.6 Å². The Morgan fingerprint density at radius 1 is 1.30 bits per heavy atom. The minimum atomic E-state index is -3.57. The largest absolute Gasteiger partial charge is 0.313 e. The number of nitrogens with zero attached hydrogens (tertiary/aromatic N) is 1. The summed E-state index contributed by atoms with van der Waals surface area (Å²) >= 11 is 0. The lowest BCUT2D eigenvalue weighted by Gasteiger charge is -2.25. The fourth-order valence-electron chi connectivity index (χ4n) is 2.15. The SMILES string of the molecule is CCCNCc1cn[nH]c1S(=O)(=O)NC(C)(C)CCC. The van der Waals surface area contributed by atoms with Crippen molar-refractivity contribution < 1.29 is 8.42 Å². The molecule has 3 N–H and O–H groups in total. The van der Waals surface area contributed by atoms with E-state index in [1.807, 2.05) is 20.8 Å². The van der Waals surface area contributed by atoms with Gasteiger partial charge in [-0.15, -0.1) is 0 Å². The molecule has 1 heterocycles. The molecule has 0 fully saturated rings. The molecule has 0 spiro atoms. The molecule has 0 unspecified atom stereocenters. The molecule has 1 aromatic heterocycles. The van der Waals surface area contributed by atoms with Gasteiger partial charge in [-0.1, -0.05) is 20.3 Å². The zero-order valence-electron chi connectivity index (χ0n) is 12.8. The van der Waals surface area contributed by atoms with Crippen LogP contribution in [0.1, 0.15) is 52.5 Å². The molecule has 1 rings (SSSR count). The summed E-state index contributed by atoms with van der Waals surface area (Å²) in [6.45, 7) is 9.22. The van der Waals surface area contributed by atoms with Crippen LogP contribution >= 0.6 is 0 Å². The Labute approximate surface area is 121 Å². The van der Waals surface area contributed by atoms with Gasteiger partial charge in [0.05, 0.1) is 6.20 Å². The molecule has 0 bridgehead atoms. The van der Waals surface area contributed by atoms with Gasteiger partial charge in [0, 0.05) is 17.6 Å². The second-order valence-electron chi connectivity index (χ2n) is 5.64. The van der Waals surface area contributed by atoms with Crippen LogP contribution in [0.3, 0.4) is 0 Å². The maximum atomic E-state index is 12.4. The lowest BCUT2D eigenvalue weighted by atomic mass is 10.0. The molecule has 0 aliphatic rings. The second kappa shape index (κ2) is 7.19. The molecule has 20 heavy (non-hydrogen) atoms. The van der Waals surface area contributed by atoms with Crippen molar-refractivity contribution in [2.75, 3.05) is 6.54 Å². The summed E-state index contributed by atoms with van der Waals surface area (Å²) < 4.78 is 27.6. The molecule has 0 aliphatic heterocycles. The number of sulfonamides is 1. The summed E-state index contributed by atoms with van der Waals surface area (Å²) in [6, 6.07) is 0. The number of H-pyrrole nitrogens is 1. The molecular weight excluding hydrogens is 276 g/mol. The number of hydrogen-bond acceptors (Lipinski definition) is 4. The molecule has 0 atom stereocenters. The summed E-state index contributed by atoms with van der Waals surface area (Å²) in [5, 5.41) is 9.80. The molecule has 7 heteroatoms. The lowest BCUT2D eigenvalue weighted by Crippen LogP contribution is -2.43. The first-order valence-electron chi connectivity index (χ1n) is 7.09. The van der Waals surface area contributed by atoms with Gasteiger partial charge in [0.1, 0.15) is 0 Å². The van der Waals surface area contributed by atoms with Gasteiger partial charge >= 0.3 is 0 Å². The summed E-state index contributed by atoms with van der Waals surface area (Å²) in [5.74, 6) is 0. The Hall–Kier alpha value is -0.920. The van der Waals surface area contributed by atoms with Crippen molar-refractivity contribution in [3.05, 3.63) is 11.8 Å². The van der Waals surface area contributed by atoms with Crippen molar-refractivity contribution in [3.8, 4) is 0 Å². The first kappa shape index (κ1) is 17.1. The molecule has 6 nitrogen and oxygen atoms in total. The van der Waals surface area contributed by atoms with Gasteiger partial charge in [-0.3, -0.25) is 5.10 Å². The Morgan fingerprint density at radius 2 is 2.00 bits per heavy atom. The van der Waals surface area contributed by atoms with Crippen molar-refractivity contribution >= 4 is 10.0 Å². The maximum absolute atomic E-state index is 12.4. The van der Waals surface area contributed by atoms with Crippen molar-refractivity contribution in [1.29, 1.82) is 0 Å². The van der Waals surface area contributed by atoms with Gasteiger partial charge in [0.2, 0.25) is 0 Å². The molecule has 0 amide bonds. The Bertz CT molecular complexity index is 508. The third-order valence-corrected chi connectivity index (χ3v) is 4.69. The lowest BCUT2D eigenvalue weighted by molar-refractivity contribution is 0.416. The Kier molecular flexibility index (Phi) is 6.16. The van der Waals surface area contributed by atoms with Crippen molar-refractivity contribution in [1.82, 2.24) is 20.2 Å². The van der Waals surface area contributed by atoms with Crippen LogP contribution < -0.4 is 10.0 Å². The number of hydrogen-bond donors (Lipinski definition) is 3. The van der Waals surface area contributed by atoms with Crippen LogP contribution in [0.15, 0.2) is 11.2 Å². The monoisotopic (exact) mass is 302 g/mol. The predicted molar refractivity (Wildman–Crippen MR) is 79.9 cm³/mol. The Balaban J connectivity index is 2.85. The highest BCUT2D eigenvalue weighted by molar-refractivity contribution is 7.89. The van der Waals surface area contributed by atoms with Crippen LogP contribution in [0.2, 0.25) is 0 Å². The van der Waals surface area contributed by atoms with Gasteiger partial charge in [-0.2, -0.15) is 5.10 Å². The Morgan fingerprint density at radius 3 is 2.60 bits per heavy atom. The average molecular weight is 302 g/mol. The van der Waals surface area contributed by atoms with Gasteiger partial charge in [-0.05, 0) is 33.2 Å². The van der Waals surface area contributed by atoms with Crippen LogP contribution in [0.5, 0.6) is 0 Å². The number of rotatable bonds is 9. The van der Waals surface area contributed by atoms with Gasteiger partial charge < -0.3 is 5.32 Å². The quantitative estimate of drug-likeness (QED) is 0.607. The van der Waals surface area contributed by atoms with Crippen molar-refractivity contribution in [3.63, 3.8) is 0 Å². The summed E-state index contributed by atoms with van der Waals surface area (Å²) in [4.78, 5) is 0. The molecule has 0 saturated carbocycles. The van der Waals surface area contributed by atoms with Crippen molar-refractivity contribution in [2.24, 2.45) is 0 Å². The molecule has 0 aliphatic carbocycles. The predicted octanol–water partition coefficient (Wildman–Crippen LogP) is 1.77. The average Bonchev–Trinajstić information content (AvgIpc) is 2.76. The number of aromatic amines is 1. The van der Waals surface area contributed by atoms with E-state index in [1.54, 1.807) is 6.20 Å². The van der Waals surface area contributed by atoms with E-state index in [0.717, 1.165) is 25.8 Å². The van der Waals surface area contributed by atoms with E-state index >= 15 is 0 Å². The standard InChI is InChI=1S/C13H26N4O2S/c1-5-7-13(3,4)17-20(18,19)12-11(10-15-16-12)9-14-8-6-2/h10,14,17H,5-9H2,1-4H3,(H,15,16). The van der Waals surface area contributed by atoms with E-state index in [1.165, 1.54) is 0 Å². The zero-order chi connectivity index (χ0) is 15.2. The van der Waals surface area contributed by atoms with Gasteiger partial charge in [-0.25, -0.2) is 13.1 Å². The van der Waals surface area contributed by atoms with E-state index in [4.69, 9.17) is 0 Å². The maximum Gasteiger partial charge on any atom is 0.258 e. The second-order valence-corrected chi connectivity index (χ2v) is 7.26. The van der Waals surface area contributed by atoms with Crippen LogP contribution in [0.25, 0.3) is 0 Å². The molecule has 116 valence electrons. The summed E-state index contributed by atoms with van der Waals surface area (Å²) in [6.07, 6.45) is 4.26. The normalized spacial score (nSPS) is 12.8. The zero-order valence-corrected chi connectivity index (χ0v) is 13.6. The fourth-order valence-corrected chi connectivity index (χ4v) is 3.72. The highest BCUT2D eigenvalue weighted by atomic mass is 32.2. The van der Waals surface area contributed by atoms with Gasteiger partial charge in [0.15, 0.2) is 5.03 Å². The molecule has 0 saturated heterocycles. The molecule has 0 radical (unpaired) electrons. The first-order chi connectivity index (χ1) is 9.32. The summed E-state index contributed by atoms with van der Waals surface area (Å²) in [7, 11) is -3.57.